The van der Waals surface area contributed by atoms with Crippen molar-refractivity contribution >= 4 is 28.4 Å². The smallest absolute Gasteiger partial charge is 0.143 e. The Bertz CT molecular complexity index is 582. The van der Waals surface area contributed by atoms with Gasteiger partial charge in [-0.2, -0.15) is 0 Å². The van der Waals surface area contributed by atoms with E-state index < -0.39 is 0 Å². The van der Waals surface area contributed by atoms with Gasteiger partial charge in [0.2, 0.25) is 0 Å². The number of hydrogen-bond donors (Lipinski definition) is 1. The largest absolute Gasteiger partial charge is 0.369 e. The molecule has 0 amide bonds. The van der Waals surface area contributed by atoms with Crippen molar-refractivity contribution in [2.75, 3.05) is 11.9 Å². The van der Waals surface area contributed by atoms with Crippen LogP contribution in [-0.4, -0.2) is 16.5 Å². The maximum absolute atomic E-state index is 4.58. The molecule has 0 saturated carbocycles. The van der Waals surface area contributed by atoms with Crippen molar-refractivity contribution in [1.29, 1.82) is 0 Å². The van der Waals surface area contributed by atoms with Crippen molar-refractivity contribution < 1.29 is 0 Å². The van der Waals surface area contributed by atoms with Gasteiger partial charge in [0.05, 0.1) is 3.57 Å². The van der Waals surface area contributed by atoms with Gasteiger partial charge in [-0.15, -0.1) is 0 Å². The van der Waals surface area contributed by atoms with Crippen LogP contribution in [0, 0.1) is 17.4 Å². The topological polar surface area (TPSA) is 37.8 Å². The molecule has 100 valence electrons. The third-order valence-electron chi connectivity index (χ3n) is 3.07. The summed E-state index contributed by atoms with van der Waals surface area (Å²) in [5, 5.41) is 3.26. The molecule has 0 aliphatic heterocycles. The Morgan fingerprint density at radius 2 is 2.00 bits per heavy atom. The lowest BCUT2D eigenvalue weighted by Gasteiger charge is -2.08. The van der Waals surface area contributed by atoms with Crippen LogP contribution in [0.2, 0.25) is 0 Å². The zero-order chi connectivity index (χ0) is 13.8. The van der Waals surface area contributed by atoms with E-state index in [9.17, 15) is 0 Å². The fourth-order valence-corrected chi connectivity index (χ4v) is 2.33. The van der Waals surface area contributed by atoms with Crippen LogP contribution >= 0.6 is 22.6 Å². The van der Waals surface area contributed by atoms with Crippen molar-refractivity contribution in [3.63, 3.8) is 0 Å². The van der Waals surface area contributed by atoms with Gasteiger partial charge < -0.3 is 5.32 Å². The van der Waals surface area contributed by atoms with Crippen molar-refractivity contribution in [2.45, 2.75) is 27.2 Å². The monoisotopic (exact) mass is 367 g/mol. The molecule has 19 heavy (non-hydrogen) atoms. The summed E-state index contributed by atoms with van der Waals surface area (Å²) in [6.45, 7) is 7.21. The summed E-state index contributed by atoms with van der Waals surface area (Å²) >= 11 is 2.25. The first-order valence-corrected chi connectivity index (χ1v) is 7.49. The third-order valence-corrected chi connectivity index (χ3v) is 3.86. The highest BCUT2D eigenvalue weighted by molar-refractivity contribution is 14.1. The molecule has 0 bridgehead atoms. The van der Waals surface area contributed by atoms with Crippen LogP contribution in [0.15, 0.2) is 24.4 Å². The highest BCUT2D eigenvalue weighted by Crippen LogP contribution is 2.17. The summed E-state index contributed by atoms with van der Waals surface area (Å²) in [7, 11) is 0. The number of aryl methyl sites for hydroxylation is 2. The Balaban J connectivity index is 2.22. The molecule has 0 atom stereocenters. The SMILES string of the molecule is CCNc1nc(Cc2ccc(C)c(C)c2)ncc1I. The van der Waals surface area contributed by atoms with Gasteiger partial charge in [-0.1, -0.05) is 18.2 Å². The number of benzene rings is 1. The van der Waals surface area contributed by atoms with E-state index in [0.717, 1.165) is 28.2 Å². The van der Waals surface area contributed by atoms with Gasteiger partial charge in [-0.3, -0.25) is 0 Å². The van der Waals surface area contributed by atoms with Crippen LogP contribution < -0.4 is 5.32 Å². The van der Waals surface area contributed by atoms with E-state index in [0.29, 0.717) is 0 Å². The molecule has 0 unspecified atom stereocenters. The normalized spacial score (nSPS) is 10.5. The Hall–Kier alpha value is -1.17. The van der Waals surface area contributed by atoms with Gasteiger partial charge in [0.1, 0.15) is 11.6 Å². The van der Waals surface area contributed by atoms with Gasteiger partial charge >= 0.3 is 0 Å². The highest BCUT2D eigenvalue weighted by Gasteiger charge is 2.05. The van der Waals surface area contributed by atoms with Crippen molar-refractivity contribution in [3.8, 4) is 0 Å². The number of anilines is 1. The molecule has 1 aromatic heterocycles. The Labute approximate surface area is 128 Å². The molecule has 0 aliphatic rings. The molecule has 2 rings (SSSR count). The van der Waals surface area contributed by atoms with Crippen molar-refractivity contribution in [3.05, 3.63) is 50.5 Å². The summed E-state index contributed by atoms with van der Waals surface area (Å²) < 4.78 is 1.06. The van der Waals surface area contributed by atoms with Crippen molar-refractivity contribution in [2.24, 2.45) is 0 Å². The number of halogens is 1. The number of aromatic nitrogens is 2. The fraction of sp³-hybridized carbons (Fsp3) is 0.333. The fourth-order valence-electron chi connectivity index (χ4n) is 1.88. The summed E-state index contributed by atoms with van der Waals surface area (Å²) in [5.74, 6) is 1.79. The average Bonchev–Trinajstić information content (AvgIpc) is 2.38. The lowest BCUT2D eigenvalue weighted by Crippen LogP contribution is -2.06. The summed E-state index contributed by atoms with van der Waals surface area (Å²) in [6, 6.07) is 6.52. The summed E-state index contributed by atoms with van der Waals surface area (Å²) in [4.78, 5) is 8.99. The van der Waals surface area contributed by atoms with Gasteiger partial charge in [0.15, 0.2) is 0 Å². The second kappa shape index (κ2) is 6.32. The Morgan fingerprint density at radius 1 is 1.21 bits per heavy atom. The molecule has 0 spiro atoms. The standard InChI is InChI=1S/C15H18IN3/c1-4-17-15-13(16)9-18-14(19-15)8-12-6-5-10(2)11(3)7-12/h5-7,9H,4,8H2,1-3H3,(H,17,18,19). The minimum Gasteiger partial charge on any atom is -0.369 e. The van der Waals surface area contributed by atoms with Gasteiger partial charge in [-0.25, -0.2) is 9.97 Å². The lowest BCUT2D eigenvalue weighted by atomic mass is 10.0. The minimum atomic E-state index is 0.774. The second-order valence-electron chi connectivity index (χ2n) is 4.61. The molecule has 1 aromatic carbocycles. The van der Waals surface area contributed by atoms with E-state index in [4.69, 9.17) is 0 Å². The lowest BCUT2D eigenvalue weighted by molar-refractivity contribution is 0.953. The first-order chi connectivity index (χ1) is 9.10. The van der Waals surface area contributed by atoms with E-state index in [1.165, 1.54) is 16.7 Å². The van der Waals surface area contributed by atoms with Gasteiger partial charge in [0.25, 0.3) is 0 Å². The molecule has 0 fully saturated rings. The van der Waals surface area contributed by atoms with Crippen LogP contribution in [0.3, 0.4) is 0 Å². The molecule has 0 aliphatic carbocycles. The zero-order valence-electron chi connectivity index (χ0n) is 11.5. The summed E-state index contributed by atoms with van der Waals surface area (Å²) in [6.07, 6.45) is 2.65. The zero-order valence-corrected chi connectivity index (χ0v) is 13.7. The average molecular weight is 367 g/mol. The molecule has 0 radical (unpaired) electrons. The molecule has 4 heteroatoms. The molecular weight excluding hydrogens is 349 g/mol. The van der Waals surface area contributed by atoms with Gasteiger partial charge in [0, 0.05) is 19.2 Å². The van der Waals surface area contributed by atoms with Gasteiger partial charge in [-0.05, 0) is 60.1 Å². The third kappa shape index (κ3) is 3.65. The van der Waals surface area contributed by atoms with E-state index >= 15 is 0 Å². The van der Waals surface area contributed by atoms with Crippen LogP contribution in [0.25, 0.3) is 0 Å². The number of rotatable bonds is 4. The number of nitrogens with zero attached hydrogens (tertiary/aromatic N) is 2. The van der Waals surface area contributed by atoms with Crippen LogP contribution in [0.4, 0.5) is 5.82 Å². The highest BCUT2D eigenvalue weighted by atomic mass is 127. The quantitative estimate of drug-likeness (QED) is 0.837. The van der Waals surface area contributed by atoms with E-state index in [2.05, 4.69) is 76.8 Å². The maximum Gasteiger partial charge on any atom is 0.143 e. The first kappa shape index (κ1) is 14.2. The van der Waals surface area contributed by atoms with Crippen LogP contribution in [0.5, 0.6) is 0 Å². The van der Waals surface area contributed by atoms with E-state index in [-0.39, 0.29) is 0 Å². The molecular formula is C15H18IN3. The predicted molar refractivity (Wildman–Crippen MR) is 87.6 cm³/mol. The molecule has 1 N–H and O–H groups in total. The van der Waals surface area contributed by atoms with E-state index in [1.807, 2.05) is 6.20 Å². The molecule has 3 nitrogen and oxygen atoms in total. The summed E-state index contributed by atoms with van der Waals surface area (Å²) in [5.41, 5.74) is 3.89. The number of nitrogens with one attached hydrogen (secondary N) is 1. The Morgan fingerprint density at radius 3 is 2.68 bits per heavy atom. The predicted octanol–water partition coefficient (Wildman–Crippen LogP) is 3.72. The van der Waals surface area contributed by atoms with E-state index in [1.54, 1.807) is 0 Å². The molecule has 1 heterocycles. The minimum absolute atomic E-state index is 0.774. The number of hydrogen-bond acceptors (Lipinski definition) is 3. The van der Waals surface area contributed by atoms with Crippen molar-refractivity contribution in [1.82, 2.24) is 9.97 Å². The molecule has 2 aromatic rings. The first-order valence-electron chi connectivity index (χ1n) is 6.41. The van der Waals surface area contributed by atoms with Crippen LogP contribution in [-0.2, 0) is 6.42 Å². The van der Waals surface area contributed by atoms with Crippen LogP contribution in [0.1, 0.15) is 29.4 Å². The maximum atomic E-state index is 4.58. The molecule has 0 saturated heterocycles. The Kier molecular flexibility index (Phi) is 4.74. The second-order valence-corrected chi connectivity index (χ2v) is 5.77.